The number of ether oxygens (including phenoxy) is 3. The zero-order valence-electron chi connectivity index (χ0n) is 13.3. The van der Waals surface area contributed by atoms with Gasteiger partial charge in [0.1, 0.15) is 12.4 Å². The normalized spacial score (nSPS) is 10.9. The number of methoxy groups -OCH3 is 2. The number of hydrogen-bond donors (Lipinski definition) is 0. The van der Waals surface area contributed by atoms with E-state index in [0.717, 1.165) is 25.0 Å². The van der Waals surface area contributed by atoms with Crippen LogP contribution in [-0.4, -0.2) is 20.5 Å². The summed E-state index contributed by atoms with van der Waals surface area (Å²) < 4.78 is 16.3. The molecule has 0 bridgehead atoms. The van der Waals surface area contributed by atoms with E-state index in [-0.39, 0.29) is 6.29 Å². The summed E-state index contributed by atoms with van der Waals surface area (Å²) >= 11 is 0. The van der Waals surface area contributed by atoms with Crippen molar-refractivity contribution in [2.45, 2.75) is 32.2 Å². The Morgan fingerprint density at radius 2 is 1.59 bits per heavy atom. The largest absolute Gasteiger partial charge is 0.489 e. The number of hydrogen-bond acceptors (Lipinski definition) is 3. The third-order valence-electron chi connectivity index (χ3n) is 3.58. The van der Waals surface area contributed by atoms with Gasteiger partial charge >= 0.3 is 0 Å². The van der Waals surface area contributed by atoms with Gasteiger partial charge in [-0.05, 0) is 42.5 Å². The molecule has 0 heterocycles. The lowest BCUT2D eigenvalue weighted by molar-refractivity contribution is -0.106. The molecule has 3 heteroatoms. The average molecular weight is 300 g/mol. The summed E-state index contributed by atoms with van der Waals surface area (Å²) in [6.45, 7) is 0.597. The molecule has 0 aliphatic carbocycles. The van der Waals surface area contributed by atoms with Crippen LogP contribution in [0.4, 0.5) is 0 Å². The van der Waals surface area contributed by atoms with Crippen molar-refractivity contribution < 1.29 is 14.2 Å². The maximum Gasteiger partial charge on any atom is 0.156 e. The lowest BCUT2D eigenvalue weighted by atomic mass is 10.1. The van der Waals surface area contributed by atoms with Crippen molar-refractivity contribution in [1.82, 2.24) is 0 Å². The van der Waals surface area contributed by atoms with Crippen LogP contribution in [0, 0.1) is 0 Å². The third-order valence-corrected chi connectivity index (χ3v) is 3.58. The summed E-state index contributed by atoms with van der Waals surface area (Å²) in [6, 6.07) is 18.5. The fourth-order valence-corrected chi connectivity index (χ4v) is 2.34. The Kier molecular flexibility index (Phi) is 6.94. The molecule has 2 aromatic rings. The molecule has 3 nitrogen and oxygen atoms in total. The van der Waals surface area contributed by atoms with E-state index in [1.165, 1.54) is 11.1 Å². The second-order valence-electron chi connectivity index (χ2n) is 5.21. The van der Waals surface area contributed by atoms with Gasteiger partial charge in [0.2, 0.25) is 0 Å². The molecule has 0 spiro atoms. The van der Waals surface area contributed by atoms with Crippen molar-refractivity contribution >= 4 is 0 Å². The van der Waals surface area contributed by atoms with E-state index in [2.05, 4.69) is 24.3 Å². The van der Waals surface area contributed by atoms with Gasteiger partial charge in [-0.3, -0.25) is 0 Å². The highest BCUT2D eigenvalue weighted by atomic mass is 16.7. The van der Waals surface area contributed by atoms with Crippen molar-refractivity contribution in [2.24, 2.45) is 0 Å². The van der Waals surface area contributed by atoms with Crippen LogP contribution in [0.25, 0.3) is 0 Å². The number of aryl methyl sites for hydroxylation is 1. The van der Waals surface area contributed by atoms with Gasteiger partial charge in [-0.1, -0.05) is 42.5 Å². The van der Waals surface area contributed by atoms with Crippen molar-refractivity contribution in [3.8, 4) is 5.75 Å². The molecule has 0 saturated heterocycles. The van der Waals surface area contributed by atoms with Crippen LogP contribution >= 0.6 is 0 Å². The van der Waals surface area contributed by atoms with Crippen LogP contribution in [0.5, 0.6) is 5.75 Å². The van der Waals surface area contributed by atoms with Crippen LogP contribution in [0.3, 0.4) is 0 Å². The van der Waals surface area contributed by atoms with E-state index in [0.29, 0.717) is 6.61 Å². The topological polar surface area (TPSA) is 27.7 Å². The van der Waals surface area contributed by atoms with Crippen LogP contribution < -0.4 is 4.74 Å². The highest BCUT2D eigenvalue weighted by molar-refractivity contribution is 5.29. The Labute approximate surface area is 132 Å². The molecular weight excluding hydrogens is 276 g/mol. The van der Waals surface area contributed by atoms with Gasteiger partial charge in [0.05, 0.1) is 0 Å². The fraction of sp³-hybridized carbons (Fsp3) is 0.368. The standard InChI is InChI=1S/C19H24O3/c1-20-19(21-2)13-7-11-16-10-6-12-18(14-16)22-15-17-8-4-3-5-9-17/h3-6,8-10,12,14,19H,7,11,13,15H2,1-2H3. The molecule has 0 aliphatic heterocycles. The molecule has 0 radical (unpaired) electrons. The van der Waals surface area contributed by atoms with Crippen molar-refractivity contribution in [3.63, 3.8) is 0 Å². The molecule has 0 fully saturated rings. The SMILES string of the molecule is COC(CCCc1cccc(OCc2ccccc2)c1)OC. The zero-order valence-corrected chi connectivity index (χ0v) is 13.3. The lowest BCUT2D eigenvalue weighted by Crippen LogP contribution is -2.12. The molecule has 118 valence electrons. The van der Waals surface area contributed by atoms with Crippen LogP contribution in [0.15, 0.2) is 54.6 Å². The minimum Gasteiger partial charge on any atom is -0.489 e. The molecule has 0 saturated carbocycles. The van der Waals surface area contributed by atoms with E-state index in [4.69, 9.17) is 14.2 Å². The fourth-order valence-electron chi connectivity index (χ4n) is 2.34. The monoisotopic (exact) mass is 300 g/mol. The van der Waals surface area contributed by atoms with Crippen LogP contribution in [0.1, 0.15) is 24.0 Å². The van der Waals surface area contributed by atoms with Gasteiger partial charge in [0.15, 0.2) is 6.29 Å². The summed E-state index contributed by atoms with van der Waals surface area (Å²) in [6.07, 6.45) is 2.79. The van der Waals surface area contributed by atoms with E-state index >= 15 is 0 Å². The highest BCUT2D eigenvalue weighted by Gasteiger charge is 2.05. The smallest absolute Gasteiger partial charge is 0.156 e. The number of benzene rings is 2. The Morgan fingerprint density at radius 1 is 0.864 bits per heavy atom. The minimum absolute atomic E-state index is 0.113. The molecule has 0 unspecified atom stereocenters. The maximum atomic E-state index is 5.85. The van der Waals surface area contributed by atoms with Gasteiger partial charge in [-0.15, -0.1) is 0 Å². The van der Waals surface area contributed by atoms with Crippen molar-refractivity contribution in [1.29, 1.82) is 0 Å². The van der Waals surface area contributed by atoms with Gasteiger partial charge in [0.25, 0.3) is 0 Å². The third kappa shape index (κ3) is 5.51. The predicted molar refractivity (Wildman–Crippen MR) is 88.0 cm³/mol. The molecular formula is C19H24O3. The highest BCUT2D eigenvalue weighted by Crippen LogP contribution is 2.17. The Bertz CT molecular complexity index is 535. The maximum absolute atomic E-state index is 5.85. The zero-order chi connectivity index (χ0) is 15.6. The summed E-state index contributed by atoms with van der Waals surface area (Å²) in [5, 5.41) is 0. The predicted octanol–water partition coefficient (Wildman–Crippen LogP) is 4.21. The quantitative estimate of drug-likeness (QED) is 0.649. The Morgan fingerprint density at radius 3 is 2.32 bits per heavy atom. The summed E-state index contributed by atoms with van der Waals surface area (Å²) in [4.78, 5) is 0. The van der Waals surface area contributed by atoms with Gasteiger partial charge < -0.3 is 14.2 Å². The second-order valence-corrected chi connectivity index (χ2v) is 5.21. The molecule has 0 aliphatic rings. The van der Waals surface area contributed by atoms with E-state index in [9.17, 15) is 0 Å². The molecule has 0 amide bonds. The van der Waals surface area contributed by atoms with Gasteiger partial charge in [-0.2, -0.15) is 0 Å². The number of rotatable bonds is 9. The lowest BCUT2D eigenvalue weighted by Gasteiger charge is -2.13. The average Bonchev–Trinajstić information content (AvgIpc) is 2.58. The van der Waals surface area contributed by atoms with E-state index in [1.807, 2.05) is 30.3 Å². The van der Waals surface area contributed by atoms with E-state index in [1.54, 1.807) is 14.2 Å². The van der Waals surface area contributed by atoms with E-state index < -0.39 is 0 Å². The van der Waals surface area contributed by atoms with Crippen LogP contribution in [0.2, 0.25) is 0 Å². The van der Waals surface area contributed by atoms with Crippen molar-refractivity contribution in [2.75, 3.05) is 14.2 Å². The minimum atomic E-state index is -0.113. The molecule has 0 atom stereocenters. The summed E-state index contributed by atoms with van der Waals surface area (Å²) in [7, 11) is 3.35. The molecule has 22 heavy (non-hydrogen) atoms. The summed E-state index contributed by atoms with van der Waals surface area (Å²) in [5.74, 6) is 0.913. The van der Waals surface area contributed by atoms with Gasteiger partial charge in [0, 0.05) is 14.2 Å². The van der Waals surface area contributed by atoms with Crippen molar-refractivity contribution in [3.05, 3.63) is 65.7 Å². The summed E-state index contributed by atoms with van der Waals surface area (Å²) in [5.41, 5.74) is 2.45. The molecule has 0 N–H and O–H groups in total. The first-order valence-electron chi connectivity index (χ1n) is 7.63. The first-order chi connectivity index (χ1) is 10.8. The molecule has 0 aromatic heterocycles. The Balaban J connectivity index is 1.82. The molecule has 2 aromatic carbocycles. The first kappa shape index (κ1) is 16.5. The van der Waals surface area contributed by atoms with Gasteiger partial charge in [-0.25, -0.2) is 0 Å². The first-order valence-corrected chi connectivity index (χ1v) is 7.63. The van der Waals surface area contributed by atoms with Crippen LogP contribution in [-0.2, 0) is 22.5 Å². The Hall–Kier alpha value is -1.84. The second kappa shape index (κ2) is 9.23. The molecule has 2 rings (SSSR count).